The van der Waals surface area contributed by atoms with Crippen molar-refractivity contribution in [2.75, 3.05) is 12.4 Å². The summed E-state index contributed by atoms with van der Waals surface area (Å²) in [6, 6.07) is 13.0. The number of carbonyl (C=O) groups is 1. The number of anilines is 1. The third-order valence-electron chi connectivity index (χ3n) is 3.84. The van der Waals surface area contributed by atoms with Crippen LogP contribution in [0.2, 0.25) is 5.02 Å². The SMILES string of the molecule is COc1ccc(NC(=O)c2ccc(Cn3cc(Cl)cn3)cc2)c(C)c1. The van der Waals surface area contributed by atoms with Crippen molar-refractivity contribution in [2.24, 2.45) is 0 Å². The molecule has 6 heteroatoms. The molecular formula is C19H18ClN3O2. The Morgan fingerprint density at radius 2 is 2.00 bits per heavy atom. The van der Waals surface area contributed by atoms with Crippen LogP contribution in [0.25, 0.3) is 0 Å². The molecule has 0 atom stereocenters. The van der Waals surface area contributed by atoms with E-state index in [1.807, 2.05) is 37.3 Å². The molecule has 128 valence electrons. The fraction of sp³-hybridized carbons (Fsp3) is 0.158. The van der Waals surface area contributed by atoms with Crippen LogP contribution in [0.3, 0.4) is 0 Å². The molecule has 0 aliphatic rings. The summed E-state index contributed by atoms with van der Waals surface area (Å²) < 4.78 is 6.92. The van der Waals surface area contributed by atoms with Crippen LogP contribution in [0.1, 0.15) is 21.5 Å². The predicted molar refractivity (Wildman–Crippen MR) is 98.5 cm³/mol. The van der Waals surface area contributed by atoms with Crippen molar-refractivity contribution in [1.29, 1.82) is 0 Å². The largest absolute Gasteiger partial charge is 0.497 e. The first-order chi connectivity index (χ1) is 12.0. The number of aromatic nitrogens is 2. The van der Waals surface area contributed by atoms with Crippen molar-refractivity contribution >= 4 is 23.2 Å². The van der Waals surface area contributed by atoms with E-state index in [-0.39, 0.29) is 5.91 Å². The van der Waals surface area contributed by atoms with Crippen molar-refractivity contribution in [3.63, 3.8) is 0 Å². The normalized spacial score (nSPS) is 10.5. The lowest BCUT2D eigenvalue weighted by molar-refractivity contribution is 0.102. The Kier molecular flexibility index (Phi) is 5.05. The summed E-state index contributed by atoms with van der Waals surface area (Å²) in [4.78, 5) is 12.4. The molecule has 0 radical (unpaired) electrons. The summed E-state index contributed by atoms with van der Waals surface area (Å²) in [5.41, 5.74) is 3.34. The molecule has 0 aliphatic heterocycles. The number of nitrogens with one attached hydrogen (secondary N) is 1. The molecule has 3 aromatic rings. The van der Waals surface area contributed by atoms with Gasteiger partial charge >= 0.3 is 0 Å². The van der Waals surface area contributed by atoms with Gasteiger partial charge in [0.05, 0.1) is 24.9 Å². The zero-order valence-corrected chi connectivity index (χ0v) is 14.7. The van der Waals surface area contributed by atoms with Crippen LogP contribution in [-0.4, -0.2) is 22.8 Å². The lowest BCUT2D eigenvalue weighted by atomic mass is 10.1. The van der Waals surface area contributed by atoms with Gasteiger partial charge in [-0.15, -0.1) is 0 Å². The molecule has 5 nitrogen and oxygen atoms in total. The number of aryl methyl sites for hydroxylation is 1. The second-order valence-electron chi connectivity index (χ2n) is 5.69. The molecule has 1 aromatic heterocycles. The van der Waals surface area contributed by atoms with E-state index in [4.69, 9.17) is 16.3 Å². The number of hydrogen-bond donors (Lipinski definition) is 1. The summed E-state index contributed by atoms with van der Waals surface area (Å²) >= 11 is 5.86. The van der Waals surface area contributed by atoms with Crippen LogP contribution in [0.5, 0.6) is 5.75 Å². The number of benzene rings is 2. The second kappa shape index (κ2) is 7.40. The number of hydrogen-bond acceptors (Lipinski definition) is 3. The zero-order valence-electron chi connectivity index (χ0n) is 14.0. The highest BCUT2D eigenvalue weighted by Crippen LogP contribution is 2.21. The van der Waals surface area contributed by atoms with E-state index in [0.717, 1.165) is 22.6 Å². The highest BCUT2D eigenvalue weighted by atomic mass is 35.5. The Bertz CT molecular complexity index is 888. The number of amides is 1. The summed E-state index contributed by atoms with van der Waals surface area (Å²) in [7, 11) is 1.62. The molecule has 0 unspecified atom stereocenters. The number of nitrogens with zero attached hydrogens (tertiary/aromatic N) is 2. The monoisotopic (exact) mass is 355 g/mol. The Labute approximate surface area is 151 Å². The van der Waals surface area contributed by atoms with Gasteiger partial charge in [0.1, 0.15) is 5.75 Å². The van der Waals surface area contributed by atoms with Crippen LogP contribution in [0.15, 0.2) is 54.9 Å². The van der Waals surface area contributed by atoms with Crippen LogP contribution >= 0.6 is 11.6 Å². The lowest BCUT2D eigenvalue weighted by Gasteiger charge is -2.10. The van der Waals surface area contributed by atoms with Gasteiger partial charge in [-0.3, -0.25) is 9.48 Å². The maximum absolute atomic E-state index is 12.4. The molecule has 0 spiro atoms. The molecule has 0 saturated heterocycles. The molecule has 1 amide bonds. The molecule has 0 fully saturated rings. The number of rotatable bonds is 5. The van der Waals surface area contributed by atoms with Gasteiger partial charge < -0.3 is 10.1 Å². The van der Waals surface area contributed by atoms with Gasteiger partial charge in [0.2, 0.25) is 0 Å². The average Bonchev–Trinajstić information content (AvgIpc) is 3.02. The van der Waals surface area contributed by atoms with Gasteiger partial charge in [0, 0.05) is 17.4 Å². The molecule has 0 bridgehead atoms. The van der Waals surface area contributed by atoms with Crippen molar-refractivity contribution in [1.82, 2.24) is 9.78 Å². The van der Waals surface area contributed by atoms with Gasteiger partial charge in [-0.2, -0.15) is 5.10 Å². The van der Waals surface area contributed by atoms with Gasteiger partial charge in [0.25, 0.3) is 5.91 Å². The van der Waals surface area contributed by atoms with E-state index >= 15 is 0 Å². The van der Waals surface area contributed by atoms with E-state index in [1.54, 1.807) is 36.3 Å². The van der Waals surface area contributed by atoms with Crippen molar-refractivity contribution in [3.8, 4) is 5.75 Å². The Balaban J connectivity index is 1.68. The number of ether oxygens (including phenoxy) is 1. The van der Waals surface area contributed by atoms with E-state index in [9.17, 15) is 4.79 Å². The average molecular weight is 356 g/mol. The molecule has 2 aromatic carbocycles. The van der Waals surface area contributed by atoms with Gasteiger partial charge in [0.15, 0.2) is 0 Å². The summed E-state index contributed by atoms with van der Waals surface area (Å²) in [5.74, 6) is 0.612. The first-order valence-electron chi connectivity index (χ1n) is 7.78. The number of carbonyl (C=O) groups excluding carboxylic acids is 1. The maximum Gasteiger partial charge on any atom is 0.255 e. The minimum atomic E-state index is -0.151. The van der Waals surface area contributed by atoms with Crippen LogP contribution in [-0.2, 0) is 6.54 Å². The molecule has 0 aliphatic carbocycles. The molecule has 1 N–H and O–H groups in total. The third-order valence-corrected chi connectivity index (χ3v) is 4.04. The predicted octanol–water partition coefficient (Wildman–Crippen LogP) is 4.15. The highest BCUT2D eigenvalue weighted by Gasteiger charge is 2.09. The van der Waals surface area contributed by atoms with E-state index in [1.165, 1.54) is 0 Å². The topological polar surface area (TPSA) is 56.1 Å². The maximum atomic E-state index is 12.4. The third kappa shape index (κ3) is 4.19. The van der Waals surface area contributed by atoms with E-state index < -0.39 is 0 Å². The minimum absolute atomic E-state index is 0.151. The van der Waals surface area contributed by atoms with Crippen molar-refractivity contribution in [3.05, 3.63) is 76.6 Å². The Morgan fingerprint density at radius 3 is 2.60 bits per heavy atom. The molecule has 0 saturated carbocycles. The first kappa shape index (κ1) is 17.0. The van der Waals surface area contributed by atoms with Crippen molar-refractivity contribution in [2.45, 2.75) is 13.5 Å². The smallest absolute Gasteiger partial charge is 0.255 e. The van der Waals surface area contributed by atoms with Gasteiger partial charge in [-0.1, -0.05) is 23.7 Å². The van der Waals surface area contributed by atoms with Crippen molar-refractivity contribution < 1.29 is 9.53 Å². The Hall–Kier alpha value is -2.79. The summed E-state index contributed by atoms with van der Waals surface area (Å²) in [6.07, 6.45) is 3.36. The first-order valence-corrected chi connectivity index (χ1v) is 8.16. The molecular weight excluding hydrogens is 338 g/mol. The fourth-order valence-electron chi connectivity index (χ4n) is 2.47. The van der Waals surface area contributed by atoms with E-state index in [0.29, 0.717) is 17.1 Å². The lowest BCUT2D eigenvalue weighted by Crippen LogP contribution is -2.13. The second-order valence-corrected chi connectivity index (χ2v) is 6.12. The molecule has 1 heterocycles. The van der Waals surface area contributed by atoms with Crippen LogP contribution in [0, 0.1) is 6.92 Å². The number of halogens is 1. The summed E-state index contributed by atoms with van der Waals surface area (Å²) in [6.45, 7) is 2.53. The van der Waals surface area contributed by atoms with Gasteiger partial charge in [-0.05, 0) is 48.4 Å². The number of methoxy groups -OCH3 is 1. The molecule has 25 heavy (non-hydrogen) atoms. The zero-order chi connectivity index (χ0) is 17.8. The Morgan fingerprint density at radius 1 is 1.24 bits per heavy atom. The van der Waals surface area contributed by atoms with Crippen LogP contribution in [0.4, 0.5) is 5.69 Å². The van der Waals surface area contributed by atoms with Gasteiger partial charge in [-0.25, -0.2) is 0 Å². The molecule has 3 rings (SSSR count). The standard InChI is InChI=1S/C19H18ClN3O2/c1-13-9-17(25-2)7-8-18(13)22-19(24)15-5-3-14(4-6-15)11-23-12-16(20)10-21-23/h3-10,12H,11H2,1-2H3,(H,22,24). The minimum Gasteiger partial charge on any atom is -0.497 e. The highest BCUT2D eigenvalue weighted by molar-refractivity contribution is 6.30. The van der Waals surface area contributed by atoms with E-state index in [2.05, 4.69) is 10.4 Å². The fourth-order valence-corrected chi connectivity index (χ4v) is 2.63. The van der Waals surface area contributed by atoms with Crippen LogP contribution < -0.4 is 10.1 Å². The quantitative estimate of drug-likeness (QED) is 0.747. The summed E-state index contributed by atoms with van der Waals surface area (Å²) in [5, 5.41) is 7.67.